The highest BCUT2D eigenvalue weighted by atomic mass is 14.9. The minimum Gasteiger partial charge on any atom is -0.347 e. The highest BCUT2D eigenvalue weighted by Gasteiger charge is 2.03. The fourth-order valence-electron chi connectivity index (χ4n) is 2.27. The first kappa shape index (κ1) is 12.2. The molecule has 1 atom stereocenters. The topological polar surface area (TPSA) is 30.9 Å². The third-order valence-corrected chi connectivity index (χ3v) is 3.15. The van der Waals surface area contributed by atoms with E-state index in [4.69, 9.17) is 5.73 Å². The van der Waals surface area contributed by atoms with Crippen molar-refractivity contribution >= 4 is 10.9 Å². The average molecular weight is 230 g/mol. The number of hydrogen-bond acceptors (Lipinski definition) is 1. The van der Waals surface area contributed by atoms with Gasteiger partial charge >= 0.3 is 0 Å². The monoisotopic (exact) mass is 230 g/mol. The molecule has 0 aliphatic heterocycles. The van der Waals surface area contributed by atoms with Gasteiger partial charge in [-0.2, -0.15) is 0 Å². The lowest BCUT2D eigenvalue weighted by Gasteiger charge is -2.07. The molecule has 0 aliphatic rings. The highest BCUT2D eigenvalue weighted by molar-refractivity contribution is 5.80. The Bertz CT molecular complexity index is 483. The number of unbranched alkanes of at least 4 members (excludes halogenated alkanes) is 1. The molecule has 2 aromatic rings. The number of aromatic nitrogens is 1. The van der Waals surface area contributed by atoms with Crippen LogP contribution in [0.4, 0.5) is 0 Å². The molecule has 17 heavy (non-hydrogen) atoms. The van der Waals surface area contributed by atoms with Crippen LogP contribution in [-0.4, -0.2) is 10.6 Å². The molecule has 0 aliphatic carbocycles. The van der Waals surface area contributed by atoms with Crippen molar-refractivity contribution in [1.29, 1.82) is 0 Å². The van der Waals surface area contributed by atoms with E-state index in [0.29, 0.717) is 0 Å². The summed E-state index contributed by atoms with van der Waals surface area (Å²) in [5.74, 6) is 0. The van der Waals surface area contributed by atoms with Crippen molar-refractivity contribution in [3.8, 4) is 0 Å². The van der Waals surface area contributed by atoms with Gasteiger partial charge in [0.1, 0.15) is 0 Å². The van der Waals surface area contributed by atoms with Gasteiger partial charge in [0, 0.05) is 24.3 Å². The van der Waals surface area contributed by atoms with E-state index < -0.39 is 0 Å². The van der Waals surface area contributed by atoms with Crippen molar-refractivity contribution in [3.05, 3.63) is 36.0 Å². The minimum atomic E-state index is 0.231. The predicted octanol–water partition coefficient (Wildman–Crippen LogP) is 3.33. The molecule has 1 aromatic heterocycles. The molecule has 2 N–H and O–H groups in total. The summed E-state index contributed by atoms with van der Waals surface area (Å²) in [4.78, 5) is 0. The Morgan fingerprint density at radius 3 is 2.82 bits per heavy atom. The fraction of sp³-hybridized carbons (Fsp3) is 0.467. The molecule has 0 bridgehead atoms. The Kier molecular flexibility index (Phi) is 3.85. The van der Waals surface area contributed by atoms with Crippen LogP contribution >= 0.6 is 0 Å². The first-order chi connectivity index (χ1) is 8.20. The van der Waals surface area contributed by atoms with Gasteiger partial charge in [0.25, 0.3) is 0 Å². The van der Waals surface area contributed by atoms with Crippen molar-refractivity contribution < 1.29 is 0 Å². The van der Waals surface area contributed by atoms with Crippen LogP contribution in [-0.2, 0) is 13.0 Å². The number of nitrogens with zero attached hydrogens (tertiary/aromatic N) is 1. The number of benzene rings is 1. The molecule has 2 rings (SSSR count). The first-order valence-corrected chi connectivity index (χ1v) is 6.54. The Morgan fingerprint density at radius 1 is 1.29 bits per heavy atom. The molecule has 1 aromatic carbocycles. The van der Waals surface area contributed by atoms with Crippen molar-refractivity contribution in [2.45, 2.75) is 45.7 Å². The zero-order chi connectivity index (χ0) is 12.3. The van der Waals surface area contributed by atoms with Gasteiger partial charge in [0.15, 0.2) is 0 Å². The second kappa shape index (κ2) is 5.37. The molecule has 0 spiro atoms. The van der Waals surface area contributed by atoms with Crippen LogP contribution in [0.5, 0.6) is 0 Å². The summed E-state index contributed by atoms with van der Waals surface area (Å²) in [5, 5.41) is 1.33. The summed E-state index contributed by atoms with van der Waals surface area (Å²) in [6.07, 6.45) is 5.62. The van der Waals surface area contributed by atoms with Crippen LogP contribution in [0.25, 0.3) is 10.9 Å². The average Bonchev–Trinajstić information content (AvgIpc) is 2.68. The molecule has 2 nitrogen and oxygen atoms in total. The molecular formula is C15H22N2. The molecule has 1 unspecified atom stereocenters. The minimum absolute atomic E-state index is 0.231. The normalized spacial score (nSPS) is 13.1. The number of nitrogens with two attached hydrogens (primary N) is 1. The van der Waals surface area contributed by atoms with Crippen molar-refractivity contribution in [2.75, 3.05) is 0 Å². The molecule has 1 heterocycles. The van der Waals surface area contributed by atoms with Crippen LogP contribution in [0, 0.1) is 0 Å². The summed E-state index contributed by atoms with van der Waals surface area (Å²) in [7, 11) is 0. The van der Waals surface area contributed by atoms with Gasteiger partial charge < -0.3 is 10.3 Å². The molecule has 0 saturated carbocycles. The van der Waals surface area contributed by atoms with E-state index in [-0.39, 0.29) is 6.04 Å². The van der Waals surface area contributed by atoms with E-state index in [9.17, 15) is 0 Å². The number of hydrogen-bond donors (Lipinski definition) is 1. The van der Waals surface area contributed by atoms with Crippen LogP contribution in [0.3, 0.4) is 0 Å². The van der Waals surface area contributed by atoms with Gasteiger partial charge in [-0.3, -0.25) is 0 Å². The molecular weight excluding hydrogens is 208 g/mol. The third-order valence-electron chi connectivity index (χ3n) is 3.15. The van der Waals surface area contributed by atoms with Crippen molar-refractivity contribution in [1.82, 2.24) is 4.57 Å². The van der Waals surface area contributed by atoms with Crippen LogP contribution in [0.15, 0.2) is 30.5 Å². The summed E-state index contributed by atoms with van der Waals surface area (Å²) in [6.45, 7) is 5.40. The largest absolute Gasteiger partial charge is 0.347 e. The lowest BCUT2D eigenvalue weighted by atomic mass is 10.1. The lowest BCUT2D eigenvalue weighted by Crippen LogP contribution is -2.17. The zero-order valence-corrected chi connectivity index (χ0v) is 10.8. The van der Waals surface area contributed by atoms with Gasteiger partial charge in [0.05, 0.1) is 0 Å². The smallest absolute Gasteiger partial charge is 0.0480 e. The maximum Gasteiger partial charge on any atom is 0.0480 e. The number of fused-ring (bicyclic) bond motifs is 1. The summed E-state index contributed by atoms with van der Waals surface area (Å²) in [6, 6.07) is 9.13. The van der Waals surface area contributed by atoms with Gasteiger partial charge in [0.2, 0.25) is 0 Å². The Morgan fingerprint density at radius 2 is 2.12 bits per heavy atom. The molecule has 0 radical (unpaired) electrons. The summed E-state index contributed by atoms with van der Waals surface area (Å²) < 4.78 is 2.34. The second-order valence-electron chi connectivity index (χ2n) is 4.94. The number of aryl methyl sites for hydroxylation is 1. The van der Waals surface area contributed by atoms with Crippen molar-refractivity contribution in [3.63, 3.8) is 0 Å². The lowest BCUT2D eigenvalue weighted by molar-refractivity contribution is 0.650. The Hall–Kier alpha value is -1.28. The SMILES string of the molecule is CCCCn1ccc2cc(CC(C)N)ccc21. The Balaban J connectivity index is 2.25. The fourth-order valence-corrected chi connectivity index (χ4v) is 2.27. The number of rotatable bonds is 5. The molecule has 92 valence electrons. The van der Waals surface area contributed by atoms with E-state index in [1.807, 2.05) is 0 Å². The zero-order valence-electron chi connectivity index (χ0n) is 10.8. The molecule has 0 amide bonds. The third kappa shape index (κ3) is 2.89. The second-order valence-corrected chi connectivity index (χ2v) is 4.94. The van der Waals surface area contributed by atoms with E-state index >= 15 is 0 Å². The van der Waals surface area contributed by atoms with Crippen LogP contribution < -0.4 is 5.73 Å². The molecule has 2 heteroatoms. The van der Waals surface area contributed by atoms with E-state index in [1.165, 1.54) is 29.3 Å². The van der Waals surface area contributed by atoms with E-state index in [0.717, 1.165) is 13.0 Å². The molecule has 0 saturated heterocycles. The quantitative estimate of drug-likeness (QED) is 0.839. The van der Waals surface area contributed by atoms with Crippen molar-refractivity contribution in [2.24, 2.45) is 5.73 Å². The maximum atomic E-state index is 5.83. The van der Waals surface area contributed by atoms with E-state index in [1.54, 1.807) is 0 Å². The molecule has 0 fully saturated rings. The van der Waals surface area contributed by atoms with Gasteiger partial charge in [-0.15, -0.1) is 0 Å². The first-order valence-electron chi connectivity index (χ1n) is 6.54. The predicted molar refractivity (Wildman–Crippen MR) is 74.2 cm³/mol. The van der Waals surface area contributed by atoms with Gasteiger partial charge in [-0.25, -0.2) is 0 Å². The Labute approximate surface area is 103 Å². The standard InChI is InChI=1S/C15H22N2/c1-3-4-8-17-9-7-14-11-13(10-12(2)16)5-6-15(14)17/h5-7,9,11-12H,3-4,8,10,16H2,1-2H3. The maximum absolute atomic E-state index is 5.83. The van der Waals surface area contributed by atoms with Gasteiger partial charge in [-0.1, -0.05) is 19.4 Å². The summed E-state index contributed by atoms with van der Waals surface area (Å²) in [5.41, 5.74) is 8.51. The van der Waals surface area contributed by atoms with Crippen LogP contribution in [0.2, 0.25) is 0 Å². The highest BCUT2D eigenvalue weighted by Crippen LogP contribution is 2.19. The van der Waals surface area contributed by atoms with Gasteiger partial charge in [-0.05, 0) is 48.9 Å². The summed E-state index contributed by atoms with van der Waals surface area (Å²) >= 11 is 0. The van der Waals surface area contributed by atoms with E-state index in [2.05, 4.69) is 48.9 Å². The van der Waals surface area contributed by atoms with Crippen LogP contribution in [0.1, 0.15) is 32.3 Å².